The van der Waals surface area contributed by atoms with E-state index in [2.05, 4.69) is 22.1 Å². The number of halogens is 1. The standard InChI is InChI=1S/C25H32ClN3O5S2/c1-6-7-8-9-19-18(10-11-30)14(2)12-15(3)22(19)27-24(31)23-20(13-16(4)35-23)36(32,33)29-25-21(26)17(5)28-34-25/h12-13,29-30H,6-11H2,1-5H3,(H,27,31). The van der Waals surface area contributed by atoms with Gasteiger partial charge in [-0.2, -0.15) is 0 Å². The molecule has 11 heteroatoms. The van der Waals surface area contributed by atoms with E-state index in [0.29, 0.717) is 22.7 Å². The molecule has 0 bridgehead atoms. The van der Waals surface area contributed by atoms with Crippen molar-refractivity contribution >= 4 is 50.4 Å². The number of sulfonamides is 1. The molecule has 0 aliphatic heterocycles. The molecule has 0 aliphatic carbocycles. The molecule has 0 fully saturated rings. The van der Waals surface area contributed by atoms with Crippen LogP contribution in [0.15, 0.2) is 21.6 Å². The molecule has 0 spiro atoms. The Labute approximate surface area is 221 Å². The molecule has 0 atom stereocenters. The fraction of sp³-hybridized carbons (Fsp3) is 0.440. The summed E-state index contributed by atoms with van der Waals surface area (Å²) in [6, 6.07) is 3.43. The third-order valence-corrected chi connectivity index (χ3v) is 8.91. The number of aliphatic hydroxyl groups is 1. The van der Waals surface area contributed by atoms with Crippen molar-refractivity contribution < 1.29 is 22.8 Å². The van der Waals surface area contributed by atoms with E-state index < -0.39 is 15.9 Å². The zero-order valence-corrected chi connectivity index (χ0v) is 23.5. The van der Waals surface area contributed by atoms with Crippen LogP contribution in [0.2, 0.25) is 5.02 Å². The molecule has 2 aromatic heterocycles. The Morgan fingerprint density at radius 1 is 1.11 bits per heavy atom. The average molecular weight is 554 g/mol. The van der Waals surface area contributed by atoms with Crippen LogP contribution in [0.5, 0.6) is 0 Å². The van der Waals surface area contributed by atoms with Gasteiger partial charge in [-0.05, 0) is 75.3 Å². The molecule has 3 aromatic rings. The average Bonchev–Trinajstić information content (AvgIpc) is 3.36. The van der Waals surface area contributed by atoms with Crippen LogP contribution >= 0.6 is 22.9 Å². The molecule has 36 heavy (non-hydrogen) atoms. The number of rotatable bonds is 11. The van der Waals surface area contributed by atoms with E-state index in [9.17, 15) is 18.3 Å². The number of nitrogens with one attached hydrogen (secondary N) is 2. The second-order valence-electron chi connectivity index (χ2n) is 8.79. The first-order chi connectivity index (χ1) is 17.0. The minimum Gasteiger partial charge on any atom is -0.396 e. The Morgan fingerprint density at radius 2 is 1.83 bits per heavy atom. The number of nitrogens with zero attached hydrogens (tertiary/aromatic N) is 1. The van der Waals surface area contributed by atoms with Crippen LogP contribution in [-0.4, -0.2) is 31.2 Å². The predicted octanol–water partition coefficient (Wildman–Crippen LogP) is 5.94. The maximum atomic E-state index is 13.5. The van der Waals surface area contributed by atoms with E-state index in [-0.39, 0.29) is 27.3 Å². The van der Waals surface area contributed by atoms with Crippen LogP contribution < -0.4 is 10.0 Å². The van der Waals surface area contributed by atoms with Crippen molar-refractivity contribution in [2.75, 3.05) is 16.6 Å². The summed E-state index contributed by atoms with van der Waals surface area (Å²) in [5.74, 6) is -0.724. The molecule has 3 N–H and O–H groups in total. The number of thiophene rings is 1. The Kier molecular flexibility index (Phi) is 9.21. The number of aliphatic hydroxyl groups excluding tert-OH is 1. The van der Waals surface area contributed by atoms with E-state index in [1.807, 2.05) is 19.9 Å². The van der Waals surface area contributed by atoms with Crippen molar-refractivity contribution in [3.8, 4) is 0 Å². The molecule has 3 rings (SSSR count). The number of hydrogen-bond acceptors (Lipinski definition) is 7. The molecule has 2 heterocycles. The van der Waals surface area contributed by atoms with Crippen LogP contribution in [0, 0.1) is 27.7 Å². The minimum atomic E-state index is -4.18. The van der Waals surface area contributed by atoms with Gasteiger partial charge >= 0.3 is 0 Å². The number of carbonyl (C=O) groups excluding carboxylic acids is 1. The monoisotopic (exact) mass is 553 g/mol. The maximum Gasteiger partial charge on any atom is 0.267 e. The molecule has 0 unspecified atom stereocenters. The molecule has 1 amide bonds. The number of hydrogen-bond donors (Lipinski definition) is 3. The van der Waals surface area contributed by atoms with E-state index in [1.54, 1.807) is 13.8 Å². The first kappa shape index (κ1) is 28.2. The van der Waals surface area contributed by atoms with Gasteiger partial charge in [0, 0.05) is 17.2 Å². The highest BCUT2D eigenvalue weighted by atomic mass is 35.5. The molecule has 0 aliphatic rings. The van der Waals surface area contributed by atoms with Crippen LogP contribution in [0.3, 0.4) is 0 Å². The minimum absolute atomic E-state index is 0.0000834. The molecular weight excluding hydrogens is 522 g/mol. The number of anilines is 2. The van der Waals surface area contributed by atoms with Gasteiger partial charge in [0.15, 0.2) is 0 Å². The Hall–Kier alpha value is -2.40. The zero-order valence-electron chi connectivity index (χ0n) is 21.1. The Balaban J connectivity index is 2.00. The van der Waals surface area contributed by atoms with Gasteiger partial charge in [0.2, 0.25) is 0 Å². The highest BCUT2D eigenvalue weighted by molar-refractivity contribution is 7.93. The number of carbonyl (C=O) groups is 1. The van der Waals surface area contributed by atoms with Crippen LogP contribution in [0.25, 0.3) is 0 Å². The summed E-state index contributed by atoms with van der Waals surface area (Å²) in [5.41, 5.74) is 4.96. The molecule has 0 saturated carbocycles. The summed E-state index contributed by atoms with van der Waals surface area (Å²) in [5, 5.41) is 16.4. The quantitative estimate of drug-likeness (QED) is 0.252. The van der Waals surface area contributed by atoms with Gasteiger partial charge in [0.05, 0.1) is 0 Å². The lowest BCUT2D eigenvalue weighted by molar-refractivity contribution is 0.102. The SMILES string of the molecule is CCCCCc1c(CCO)c(C)cc(C)c1NC(=O)c1sc(C)cc1S(=O)(=O)Nc1onc(C)c1Cl. The predicted molar refractivity (Wildman–Crippen MR) is 144 cm³/mol. The zero-order chi connectivity index (χ0) is 26.6. The van der Waals surface area contributed by atoms with Gasteiger partial charge in [-0.15, -0.1) is 11.3 Å². The number of aromatic nitrogens is 1. The molecule has 196 valence electrons. The second-order valence-corrected chi connectivity index (χ2v) is 12.1. The van der Waals surface area contributed by atoms with Crippen molar-refractivity contribution in [2.24, 2.45) is 0 Å². The molecule has 1 aromatic carbocycles. The lowest BCUT2D eigenvalue weighted by Crippen LogP contribution is -2.20. The van der Waals surface area contributed by atoms with Crippen molar-refractivity contribution in [1.29, 1.82) is 0 Å². The highest BCUT2D eigenvalue weighted by Gasteiger charge is 2.29. The summed E-state index contributed by atoms with van der Waals surface area (Å²) >= 11 is 7.17. The van der Waals surface area contributed by atoms with Crippen molar-refractivity contribution in [3.63, 3.8) is 0 Å². The molecule has 0 radical (unpaired) electrons. The highest BCUT2D eigenvalue weighted by Crippen LogP contribution is 2.34. The van der Waals surface area contributed by atoms with E-state index in [1.165, 1.54) is 6.07 Å². The van der Waals surface area contributed by atoms with Gasteiger partial charge < -0.3 is 14.9 Å². The van der Waals surface area contributed by atoms with Gasteiger partial charge in [-0.3, -0.25) is 4.79 Å². The van der Waals surface area contributed by atoms with Crippen molar-refractivity contribution in [3.05, 3.63) is 54.9 Å². The third kappa shape index (κ3) is 6.11. The molecular formula is C25H32ClN3O5S2. The van der Waals surface area contributed by atoms with E-state index in [4.69, 9.17) is 16.1 Å². The Bertz CT molecular complexity index is 1360. The number of unbranched alkanes of at least 4 members (excludes halogenated alkanes) is 2. The van der Waals surface area contributed by atoms with Gasteiger partial charge in [0.25, 0.3) is 21.8 Å². The van der Waals surface area contributed by atoms with Crippen LogP contribution in [-0.2, 0) is 22.9 Å². The van der Waals surface area contributed by atoms with Crippen LogP contribution in [0.4, 0.5) is 11.6 Å². The smallest absolute Gasteiger partial charge is 0.267 e. The van der Waals surface area contributed by atoms with Gasteiger partial charge in [-0.25, -0.2) is 13.1 Å². The normalized spacial score (nSPS) is 11.6. The summed E-state index contributed by atoms with van der Waals surface area (Å²) in [7, 11) is -4.18. The summed E-state index contributed by atoms with van der Waals surface area (Å²) in [4.78, 5) is 14.0. The fourth-order valence-corrected chi connectivity index (χ4v) is 6.86. The summed E-state index contributed by atoms with van der Waals surface area (Å²) < 4.78 is 33.7. The summed E-state index contributed by atoms with van der Waals surface area (Å²) in [6.07, 6.45) is 4.27. The van der Waals surface area contributed by atoms with Gasteiger partial charge in [-0.1, -0.05) is 42.6 Å². The maximum absolute atomic E-state index is 13.5. The van der Waals surface area contributed by atoms with E-state index >= 15 is 0 Å². The van der Waals surface area contributed by atoms with E-state index in [0.717, 1.165) is 59.3 Å². The first-order valence-electron chi connectivity index (χ1n) is 11.8. The number of amides is 1. The third-order valence-electron chi connectivity index (χ3n) is 5.93. The lowest BCUT2D eigenvalue weighted by Gasteiger charge is -2.20. The van der Waals surface area contributed by atoms with Crippen molar-refractivity contribution in [1.82, 2.24) is 5.16 Å². The number of benzene rings is 1. The lowest BCUT2D eigenvalue weighted by atomic mass is 9.91. The van der Waals surface area contributed by atoms with Crippen molar-refractivity contribution in [2.45, 2.75) is 71.6 Å². The first-order valence-corrected chi connectivity index (χ1v) is 14.5. The Morgan fingerprint density at radius 3 is 2.44 bits per heavy atom. The largest absolute Gasteiger partial charge is 0.396 e. The molecule has 8 nitrogen and oxygen atoms in total. The summed E-state index contributed by atoms with van der Waals surface area (Å²) in [6.45, 7) is 9.37. The topological polar surface area (TPSA) is 122 Å². The van der Waals surface area contributed by atoms with Gasteiger partial charge in [0.1, 0.15) is 20.5 Å². The second kappa shape index (κ2) is 11.8. The fourth-order valence-electron chi connectivity index (χ4n) is 4.19. The van der Waals surface area contributed by atoms with Crippen LogP contribution in [0.1, 0.15) is 68.7 Å². The number of aryl methyl sites for hydroxylation is 4. The molecule has 0 saturated heterocycles.